The zero-order chi connectivity index (χ0) is 9.59. The van der Waals surface area contributed by atoms with Gasteiger partial charge in [0, 0.05) is 5.92 Å². The summed E-state index contributed by atoms with van der Waals surface area (Å²) in [5, 5.41) is 9.27. The fourth-order valence-corrected chi connectivity index (χ4v) is 1.53. The monoisotopic (exact) mass is 244 g/mol. The van der Waals surface area contributed by atoms with Gasteiger partial charge in [0.15, 0.2) is 0 Å². The third-order valence-corrected chi connectivity index (χ3v) is 3.04. The summed E-state index contributed by atoms with van der Waals surface area (Å²) in [5.41, 5.74) is -0.318. The first-order valence-electron chi connectivity index (χ1n) is 4.08. The van der Waals surface area contributed by atoms with Crippen molar-refractivity contribution in [3.63, 3.8) is 0 Å². The third kappa shape index (κ3) is 1.48. The molecule has 0 radical (unpaired) electrons. The molecule has 0 bridgehead atoms. The molecule has 70 valence electrons. The number of nitrogens with zero attached hydrogens (tertiary/aromatic N) is 1. The Hall–Kier alpha value is -0.840. The van der Waals surface area contributed by atoms with Gasteiger partial charge in [0.1, 0.15) is 10.3 Å². The maximum atomic E-state index is 11.2. The number of hydrogen-bond acceptors (Lipinski definition) is 3. The lowest BCUT2D eigenvalue weighted by Gasteiger charge is -1.99. The van der Waals surface area contributed by atoms with Crippen LogP contribution in [0.2, 0.25) is 0 Å². The Bertz CT molecular complexity index is 402. The van der Waals surface area contributed by atoms with E-state index < -0.39 is 0 Å². The molecule has 0 saturated heterocycles. The fourth-order valence-electron chi connectivity index (χ4n) is 1.34. The summed E-state index contributed by atoms with van der Waals surface area (Å²) in [7, 11) is 0. The molecule has 0 amide bonds. The highest BCUT2D eigenvalue weighted by Gasteiger charge is 2.36. The molecule has 2 atom stereocenters. The zero-order valence-electron chi connectivity index (χ0n) is 7.04. The summed E-state index contributed by atoms with van der Waals surface area (Å²) in [6.45, 7) is 2.09. The molecule has 1 aromatic heterocycles. The van der Waals surface area contributed by atoms with E-state index in [1.54, 1.807) is 0 Å². The lowest BCUT2D eigenvalue weighted by atomic mass is 10.3. The maximum Gasteiger partial charge on any atom is 0.269 e. The van der Waals surface area contributed by atoms with Crippen LogP contribution in [0.5, 0.6) is 5.88 Å². The van der Waals surface area contributed by atoms with Crippen LogP contribution in [-0.2, 0) is 0 Å². The minimum Gasteiger partial charge on any atom is -0.492 e. The lowest BCUT2D eigenvalue weighted by molar-refractivity contribution is 0.443. The van der Waals surface area contributed by atoms with E-state index in [1.165, 1.54) is 0 Å². The summed E-state index contributed by atoms with van der Waals surface area (Å²) in [6, 6.07) is 0. The molecular formula is C8H9BrN2O2. The van der Waals surface area contributed by atoms with Crippen LogP contribution in [0.15, 0.2) is 9.27 Å². The molecule has 0 aliphatic heterocycles. The smallest absolute Gasteiger partial charge is 0.269 e. The number of aromatic nitrogens is 2. The normalized spacial score (nSPS) is 26.0. The second-order valence-corrected chi connectivity index (χ2v) is 4.20. The van der Waals surface area contributed by atoms with Gasteiger partial charge in [-0.3, -0.25) is 4.79 Å². The fraction of sp³-hybridized carbons (Fsp3) is 0.500. The molecule has 1 aliphatic rings. The molecule has 1 fully saturated rings. The first kappa shape index (κ1) is 8.74. The van der Waals surface area contributed by atoms with Crippen molar-refractivity contribution in [2.45, 2.75) is 19.3 Å². The van der Waals surface area contributed by atoms with Crippen LogP contribution in [0.3, 0.4) is 0 Å². The highest BCUT2D eigenvalue weighted by Crippen LogP contribution is 2.45. The first-order chi connectivity index (χ1) is 6.09. The minimum atomic E-state index is -0.318. The van der Waals surface area contributed by atoms with Crippen molar-refractivity contribution in [1.29, 1.82) is 0 Å². The van der Waals surface area contributed by atoms with E-state index >= 15 is 0 Å². The largest absolute Gasteiger partial charge is 0.492 e. The lowest BCUT2D eigenvalue weighted by Crippen LogP contribution is -2.11. The molecule has 1 aromatic rings. The first-order valence-corrected chi connectivity index (χ1v) is 4.87. The van der Waals surface area contributed by atoms with Crippen LogP contribution in [0, 0.1) is 5.92 Å². The van der Waals surface area contributed by atoms with Gasteiger partial charge >= 0.3 is 0 Å². The van der Waals surface area contributed by atoms with Crippen LogP contribution in [-0.4, -0.2) is 15.1 Å². The number of H-pyrrole nitrogens is 1. The molecule has 5 heteroatoms. The summed E-state index contributed by atoms with van der Waals surface area (Å²) in [5.74, 6) is 1.24. The van der Waals surface area contributed by atoms with Crippen LogP contribution in [0.25, 0.3) is 0 Å². The Morgan fingerprint density at radius 1 is 1.69 bits per heavy atom. The third-order valence-electron chi connectivity index (χ3n) is 2.32. The van der Waals surface area contributed by atoms with E-state index in [0.717, 1.165) is 6.42 Å². The summed E-state index contributed by atoms with van der Waals surface area (Å²) in [6.07, 6.45) is 1.03. The molecule has 1 saturated carbocycles. The molecular weight excluding hydrogens is 236 g/mol. The Labute approximate surface area is 83.1 Å². The second-order valence-electron chi connectivity index (χ2n) is 3.41. The molecule has 0 aromatic carbocycles. The van der Waals surface area contributed by atoms with Gasteiger partial charge in [-0.05, 0) is 28.3 Å². The maximum absolute atomic E-state index is 11.2. The van der Waals surface area contributed by atoms with E-state index in [4.69, 9.17) is 0 Å². The highest BCUT2D eigenvalue weighted by molar-refractivity contribution is 9.10. The van der Waals surface area contributed by atoms with Crippen LogP contribution in [0.1, 0.15) is 25.1 Å². The quantitative estimate of drug-likeness (QED) is 0.785. The molecule has 2 unspecified atom stereocenters. The van der Waals surface area contributed by atoms with Gasteiger partial charge in [0.25, 0.3) is 5.56 Å². The topological polar surface area (TPSA) is 66.0 Å². The van der Waals surface area contributed by atoms with Gasteiger partial charge in [0.05, 0.1) is 0 Å². The van der Waals surface area contributed by atoms with Gasteiger partial charge in [-0.1, -0.05) is 6.92 Å². The van der Waals surface area contributed by atoms with Gasteiger partial charge in [-0.2, -0.15) is 4.98 Å². The molecule has 2 N–H and O–H groups in total. The molecule has 1 aliphatic carbocycles. The van der Waals surface area contributed by atoms with E-state index in [-0.39, 0.29) is 15.9 Å². The Balaban J connectivity index is 2.45. The molecule has 13 heavy (non-hydrogen) atoms. The second kappa shape index (κ2) is 2.83. The van der Waals surface area contributed by atoms with Crippen LogP contribution >= 0.6 is 15.9 Å². The van der Waals surface area contributed by atoms with Crippen molar-refractivity contribution in [1.82, 2.24) is 9.97 Å². The Morgan fingerprint density at radius 3 is 2.77 bits per heavy atom. The minimum absolute atomic E-state index is 0.101. The molecule has 2 rings (SSSR count). The number of hydrogen-bond donors (Lipinski definition) is 2. The predicted octanol–water partition coefficient (Wildman–Crippen LogP) is 1.36. The van der Waals surface area contributed by atoms with E-state index in [2.05, 4.69) is 32.8 Å². The number of halogens is 1. The number of rotatable bonds is 1. The van der Waals surface area contributed by atoms with Crippen molar-refractivity contribution in [3.8, 4) is 5.88 Å². The van der Waals surface area contributed by atoms with Gasteiger partial charge in [-0.15, -0.1) is 0 Å². The standard InChI is InChI=1S/C8H9BrN2O2/c1-3-2-4(3)6-10-7(12)5(9)8(13)11-6/h3-4H,2H2,1H3,(H2,10,11,12,13). The van der Waals surface area contributed by atoms with Crippen molar-refractivity contribution >= 4 is 15.9 Å². The van der Waals surface area contributed by atoms with Crippen molar-refractivity contribution in [2.24, 2.45) is 5.92 Å². The van der Waals surface area contributed by atoms with Gasteiger partial charge < -0.3 is 10.1 Å². The Kier molecular flexibility index (Phi) is 1.91. The van der Waals surface area contributed by atoms with Crippen LogP contribution < -0.4 is 5.56 Å². The number of nitrogens with one attached hydrogen (secondary N) is 1. The van der Waals surface area contributed by atoms with Crippen molar-refractivity contribution in [3.05, 3.63) is 20.7 Å². The van der Waals surface area contributed by atoms with E-state index in [0.29, 0.717) is 17.7 Å². The molecule has 4 nitrogen and oxygen atoms in total. The Morgan fingerprint density at radius 2 is 2.31 bits per heavy atom. The zero-order valence-corrected chi connectivity index (χ0v) is 8.63. The van der Waals surface area contributed by atoms with Gasteiger partial charge in [0.2, 0.25) is 5.88 Å². The average molecular weight is 245 g/mol. The van der Waals surface area contributed by atoms with E-state index in [1.807, 2.05) is 0 Å². The SMILES string of the molecule is CC1CC1c1nc(O)c(Br)c(=O)[nH]1. The average Bonchev–Trinajstić information content (AvgIpc) is 2.77. The number of aromatic amines is 1. The molecule has 1 heterocycles. The summed E-state index contributed by atoms with van der Waals surface area (Å²) < 4.78 is 0.101. The highest BCUT2D eigenvalue weighted by atomic mass is 79.9. The number of aromatic hydroxyl groups is 1. The summed E-state index contributed by atoms with van der Waals surface area (Å²) in [4.78, 5) is 17.7. The van der Waals surface area contributed by atoms with Gasteiger partial charge in [-0.25, -0.2) is 0 Å². The summed E-state index contributed by atoms with van der Waals surface area (Å²) >= 11 is 2.94. The predicted molar refractivity (Wildman–Crippen MR) is 50.7 cm³/mol. The van der Waals surface area contributed by atoms with Crippen molar-refractivity contribution in [2.75, 3.05) is 0 Å². The van der Waals surface area contributed by atoms with E-state index in [9.17, 15) is 9.90 Å². The molecule has 0 spiro atoms. The van der Waals surface area contributed by atoms with Crippen molar-refractivity contribution < 1.29 is 5.11 Å². The van der Waals surface area contributed by atoms with Crippen LogP contribution in [0.4, 0.5) is 0 Å².